The molecule has 2 aromatic heterocycles. The van der Waals surface area contributed by atoms with Crippen molar-refractivity contribution in [1.29, 1.82) is 0 Å². The van der Waals surface area contributed by atoms with E-state index in [1.54, 1.807) is 48.7 Å². The summed E-state index contributed by atoms with van der Waals surface area (Å²) < 4.78 is 10.5. The highest BCUT2D eigenvalue weighted by Gasteiger charge is 2.25. The fourth-order valence-corrected chi connectivity index (χ4v) is 2.90. The van der Waals surface area contributed by atoms with Crippen LogP contribution in [0.4, 0.5) is 22.0 Å². The maximum absolute atomic E-state index is 12.3. The zero-order valence-corrected chi connectivity index (χ0v) is 16.2. The Bertz CT molecular complexity index is 1100. The minimum absolute atomic E-state index is 0.206. The predicted octanol–water partition coefficient (Wildman–Crippen LogP) is 4.70. The quantitative estimate of drug-likeness (QED) is 0.560. The van der Waals surface area contributed by atoms with E-state index in [0.717, 1.165) is 5.56 Å². The molecule has 1 aromatic carbocycles. The van der Waals surface area contributed by atoms with Gasteiger partial charge in [0.05, 0.1) is 17.5 Å². The van der Waals surface area contributed by atoms with Crippen molar-refractivity contribution in [3.63, 3.8) is 0 Å². The average molecular weight is 392 g/mol. The number of furan rings is 1. The fraction of sp³-hybridized carbons (Fsp3) is 0.190. The Morgan fingerprint density at radius 1 is 1.17 bits per heavy atom. The maximum Gasteiger partial charge on any atom is 0.324 e. The summed E-state index contributed by atoms with van der Waals surface area (Å²) in [5.74, 6) is 1.36. The number of carbonyl (C=O) groups is 2. The van der Waals surface area contributed by atoms with Crippen LogP contribution in [0.25, 0.3) is 11.6 Å². The zero-order chi connectivity index (χ0) is 20.6. The van der Waals surface area contributed by atoms with E-state index in [2.05, 4.69) is 21.1 Å². The van der Waals surface area contributed by atoms with Crippen molar-refractivity contribution in [2.24, 2.45) is 0 Å². The zero-order valence-electron chi connectivity index (χ0n) is 16.2. The monoisotopic (exact) mass is 392 g/mol. The molecule has 148 valence electrons. The highest BCUT2D eigenvalue weighted by Crippen LogP contribution is 2.35. The number of rotatable bonds is 3. The van der Waals surface area contributed by atoms with Gasteiger partial charge in [-0.05, 0) is 30.3 Å². The van der Waals surface area contributed by atoms with Crippen molar-refractivity contribution in [1.82, 2.24) is 5.16 Å². The van der Waals surface area contributed by atoms with Crippen LogP contribution in [0.15, 0.2) is 51.6 Å². The number of carbonyl (C=O) groups excluding carboxylic acids is 2. The Morgan fingerprint density at radius 3 is 2.69 bits per heavy atom. The molecule has 8 heteroatoms. The normalized spacial score (nSPS) is 14.6. The third kappa shape index (κ3) is 3.91. The van der Waals surface area contributed by atoms with Crippen LogP contribution >= 0.6 is 0 Å². The molecule has 0 atom stereocenters. The third-order valence-electron chi connectivity index (χ3n) is 4.38. The summed E-state index contributed by atoms with van der Waals surface area (Å²) >= 11 is 0. The molecule has 29 heavy (non-hydrogen) atoms. The second-order valence-electron chi connectivity index (χ2n) is 7.69. The van der Waals surface area contributed by atoms with Gasteiger partial charge in [-0.25, -0.2) is 4.79 Å². The van der Waals surface area contributed by atoms with E-state index in [4.69, 9.17) is 8.94 Å². The van der Waals surface area contributed by atoms with Gasteiger partial charge < -0.3 is 19.6 Å². The molecule has 3 N–H and O–H groups in total. The summed E-state index contributed by atoms with van der Waals surface area (Å²) in [5.41, 5.74) is 2.18. The van der Waals surface area contributed by atoms with E-state index in [-0.39, 0.29) is 11.3 Å². The molecule has 0 aliphatic carbocycles. The SMILES string of the molecule is CC(C)(C)c1cc(NC(=O)Nc2ccc3c(c2)NC(=O)/C3=C\c2ccco2)no1. The second-order valence-corrected chi connectivity index (χ2v) is 7.69. The highest BCUT2D eigenvalue weighted by molar-refractivity contribution is 6.35. The van der Waals surface area contributed by atoms with Gasteiger partial charge in [-0.3, -0.25) is 10.1 Å². The topological polar surface area (TPSA) is 109 Å². The van der Waals surface area contributed by atoms with Gasteiger partial charge in [0.2, 0.25) is 0 Å². The van der Waals surface area contributed by atoms with Crippen LogP contribution in [0.5, 0.6) is 0 Å². The van der Waals surface area contributed by atoms with Crippen LogP contribution in [0.3, 0.4) is 0 Å². The van der Waals surface area contributed by atoms with Crippen LogP contribution < -0.4 is 16.0 Å². The Kier molecular flexibility index (Phi) is 4.46. The summed E-state index contributed by atoms with van der Waals surface area (Å²) in [7, 11) is 0. The first-order valence-corrected chi connectivity index (χ1v) is 9.06. The lowest BCUT2D eigenvalue weighted by molar-refractivity contribution is -0.110. The molecule has 0 unspecified atom stereocenters. The number of anilines is 3. The Hall–Kier alpha value is -3.81. The highest BCUT2D eigenvalue weighted by atomic mass is 16.5. The number of amides is 3. The molecule has 3 amide bonds. The molecule has 0 bridgehead atoms. The molecular weight excluding hydrogens is 372 g/mol. The first-order valence-electron chi connectivity index (χ1n) is 9.06. The molecule has 4 rings (SSSR count). The van der Waals surface area contributed by atoms with Gasteiger partial charge in [-0.2, -0.15) is 0 Å². The largest absolute Gasteiger partial charge is 0.465 e. The molecule has 1 aliphatic rings. The summed E-state index contributed by atoms with van der Waals surface area (Å²) in [4.78, 5) is 24.5. The fourth-order valence-electron chi connectivity index (χ4n) is 2.90. The van der Waals surface area contributed by atoms with Crippen molar-refractivity contribution in [2.75, 3.05) is 16.0 Å². The van der Waals surface area contributed by atoms with Crippen molar-refractivity contribution in [2.45, 2.75) is 26.2 Å². The van der Waals surface area contributed by atoms with E-state index in [1.165, 1.54) is 0 Å². The standard InChI is InChI=1S/C21H20N4O4/c1-21(2,3)17-11-18(25-29-17)24-20(27)22-12-6-7-14-15(10-13-5-4-8-28-13)19(26)23-16(14)9-12/h4-11H,1-3H3,(H,23,26)(H2,22,24,25,27)/b15-10-. The van der Waals surface area contributed by atoms with Crippen molar-refractivity contribution >= 4 is 40.8 Å². The molecule has 0 fully saturated rings. The van der Waals surface area contributed by atoms with Crippen molar-refractivity contribution in [3.05, 3.63) is 59.7 Å². The first-order chi connectivity index (χ1) is 13.8. The minimum Gasteiger partial charge on any atom is -0.465 e. The van der Waals surface area contributed by atoms with Gasteiger partial charge in [0.1, 0.15) is 11.5 Å². The first kappa shape index (κ1) is 18.5. The summed E-state index contributed by atoms with van der Waals surface area (Å²) in [5, 5.41) is 12.0. The van der Waals surface area contributed by atoms with Crippen LogP contribution in [0.1, 0.15) is 37.9 Å². The lowest BCUT2D eigenvalue weighted by Crippen LogP contribution is -2.19. The number of hydrogen-bond donors (Lipinski definition) is 3. The number of nitrogens with zero attached hydrogens (tertiary/aromatic N) is 1. The van der Waals surface area contributed by atoms with E-state index in [9.17, 15) is 9.59 Å². The Balaban J connectivity index is 1.47. The molecule has 0 saturated carbocycles. The Labute approximate surface area is 167 Å². The van der Waals surface area contributed by atoms with Gasteiger partial charge >= 0.3 is 6.03 Å². The second kappa shape index (κ2) is 6.97. The van der Waals surface area contributed by atoms with Gasteiger partial charge in [0.25, 0.3) is 5.91 Å². The van der Waals surface area contributed by atoms with Gasteiger partial charge in [0, 0.05) is 22.7 Å². The molecule has 8 nitrogen and oxygen atoms in total. The van der Waals surface area contributed by atoms with Gasteiger partial charge in [0.15, 0.2) is 5.82 Å². The summed E-state index contributed by atoms with van der Waals surface area (Å²) in [6.45, 7) is 5.97. The maximum atomic E-state index is 12.3. The van der Waals surface area contributed by atoms with Crippen LogP contribution in [-0.4, -0.2) is 17.1 Å². The molecular formula is C21H20N4O4. The summed E-state index contributed by atoms with van der Waals surface area (Å²) in [6.07, 6.45) is 3.23. The molecule has 0 saturated heterocycles. The smallest absolute Gasteiger partial charge is 0.324 e. The number of benzene rings is 1. The van der Waals surface area contributed by atoms with E-state index < -0.39 is 6.03 Å². The lowest BCUT2D eigenvalue weighted by atomic mass is 9.93. The number of aromatic nitrogens is 1. The van der Waals surface area contributed by atoms with E-state index >= 15 is 0 Å². The van der Waals surface area contributed by atoms with Crippen LogP contribution in [0.2, 0.25) is 0 Å². The number of urea groups is 1. The molecule has 1 aliphatic heterocycles. The number of fused-ring (bicyclic) bond motifs is 1. The average Bonchev–Trinajstić information content (AvgIpc) is 3.36. The third-order valence-corrected chi connectivity index (χ3v) is 4.38. The molecule has 0 spiro atoms. The number of hydrogen-bond acceptors (Lipinski definition) is 5. The summed E-state index contributed by atoms with van der Waals surface area (Å²) in [6, 6.07) is 9.93. The lowest BCUT2D eigenvalue weighted by Gasteiger charge is -2.12. The van der Waals surface area contributed by atoms with Gasteiger partial charge in [-0.1, -0.05) is 32.0 Å². The van der Waals surface area contributed by atoms with E-state index in [1.807, 2.05) is 20.8 Å². The molecule has 3 heterocycles. The molecule has 3 aromatic rings. The number of nitrogens with one attached hydrogen (secondary N) is 3. The predicted molar refractivity (Wildman–Crippen MR) is 109 cm³/mol. The van der Waals surface area contributed by atoms with Crippen LogP contribution in [0, 0.1) is 0 Å². The van der Waals surface area contributed by atoms with Crippen molar-refractivity contribution < 1.29 is 18.5 Å². The van der Waals surface area contributed by atoms with Crippen LogP contribution in [-0.2, 0) is 10.2 Å². The minimum atomic E-state index is -0.464. The molecule has 0 radical (unpaired) electrons. The van der Waals surface area contributed by atoms with Crippen molar-refractivity contribution in [3.8, 4) is 0 Å². The van der Waals surface area contributed by atoms with Gasteiger partial charge in [-0.15, -0.1) is 0 Å². The van der Waals surface area contributed by atoms with E-state index in [0.29, 0.717) is 34.3 Å². The Morgan fingerprint density at radius 2 is 2.00 bits per heavy atom.